The fraction of sp³-hybridized carbons (Fsp3) is 0.500. The van der Waals surface area contributed by atoms with E-state index in [1.165, 1.54) is 12.1 Å². The minimum Gasteiger partial charge on any atom is -0.373 e. The minimum absolute atomic E-state index is 0.215. The third-order valence-corrected chi connectivity index (χ3v) is 3.52. The van der Waals surface area contributed by atoms with Gasteiger partial charge in [-0.3, -0.25) is 10.1 Å². The number of anilines is 1. The summed E-state index contributed by atoms with van der Waals surface area (Å²) in [5.41, 5.74) is 5.13. The maximum absolute atomic E-state index is 13.5. The molecule has 0 spiro atoms. The number of hydrogen-bond acceptors (Lipinski definition) is 4. The van der Waals surface area contributed by atoms with Crippen LogP contribution in [0.3, 0.4) is 0 Å². The van der Waals surface area contributed by atoms with E-state index in [0.29, 0.717) is 6.54 Å². The standard InChI is InChI=1S/C12H16FN3O2/c13-9-4-3-5-10(11(9)16(17)18)15-12(8-14)6-1-2-7-12/h3-5,15H,1-2,6-8,14H2. The molecule has 0 aromatic heterocycles. The lowest BCUT2D eigenvalue weighted by atomic mass is 9.97. The molecule has 0 bridgehead atoms. The average molecular weight is 253 g/mol. The summed E-state index contributed by atoms with van der Waals surface area (Å²) in [6, 6.07) is 4.08. The molecule has 2 rings (SSSR count). The van der Waals surface area contributed by atoms with Crippen LogP contribution in [0.2, 0.25) is 0 Å². The number of benzene rings is 1. The molecule has 5 nitrogen and oxygen atoms in total. The first-order chi connectivity index (χ1) is 8.58. The Morgan fingerprint density at radius 3 is 2.67 bits per heavy atom. The van der Waals surface area contributed by atoms with Crippen LogP contribution >= 0.6 is 0 Å². The molecular formula is C12H16FN3O2. The molecule has 98 valence electrons. The Hall–Kier alpha value is -1.69. The van der Waals surface area contributed by atoms with Crippen molar-refractivity contribution in [3.63, 3.8) is 0 Å². The highest BCUT2D eigenvalue weighted by molar-refractivity contribution is 5.63. The van der Waals surface area contributed by atoms with Gasteiger partial charge in [0.25, 0.3) is 0 Å². The smallest absolute Gasteiger partial charge is 0.327 e. The lowest BCUT2D eigenvalue weighted by Crippen LogP contribution is -2.42. The van der Waals surface area contributed by atoms with Crippen molar-refractivity contribution in [1.82, 2.24) is 0 Å². The van der Waals surface area contributed by atoms with E-state index in [0.717, 1.165) is 31.7 Å². The summed E-state index contributed by atoms with van der Waals surface area (Å²) in [5.74, 6) is -0.824. The van der Waals surface area contributed by atoms with Crippen LogP contribution in [0.5, 0.6) is 0 Å². The predicted octanol–water partition coefficient (Wildman–Crippen LogP) is 2.42. The Labute approximate surface area is 104 Å². The van der Waals surface area contributed by atoms with E-state index in [-0.39, 0.29) is 11.2 Å². The van der Waals surface area contributed by atoms with Gasteiger partial charge in [-0.05, 0) is 25.0 Å². The molecule has 6 heteroatoms. The third-order valence-electron chi connectivity index (χ3n) is 3.52. The van der Waals surface area contributed by atoms with E-state index < -0.39 is 16.4 Å². The summed E-state index contributed by atoms with van der Waals surface area (Å²) in [6.07, 6.45) is 3.79. The number of nitrogens with one attached hydrogen (secondary N) is 1. The highest BCUT2D eigenvalue weighted by Gasteiger charge is 2.34. The summed E-state index contributed by atoms with van der Waals surface area (Å²) in [5, 5.41) is 14.0. The van der Waals surface area contributed by atoms with Gasteiger partial charge in [-0.2, -0.15) is 4.39 Å². The Kier molecular flexibility index (Phi) is 3.47. The van der Waals surface area contributed by atoms with Gasteiger partial charge in [0.05, 0.1) is 4.92 Å². The van der Waals surface area contributed by atoms with Gasteiger partial charge in [0, 0.05) is 12.1 Å². The van der Waals surface area contributed by atoms with Crippen LogP contribution < -0.4 is 11.1 Å². The molecule has 1 saturated carbocycles. The fourth-order valence-corrected chi connectivity index (χ4v) is 2.52. The number of nitro benzene ring substituents is 1. The molecule has 0 saturated heterocycles. The van der Waals surface area contributed by atoms with Crippen molar-refractivity contribution >= 4 is 11.4 Å². The molecule has 1 aliphatic carbocycles. The van der Waals surface area contributed by atoms with Gasteiger partial charge in [0.1, 0.15) is 5.69 Å². The van der Waals surface area contributed by atoms with Gasteiger partial charge < -0.3 is 11.1 Å². The second-order valence-electron chi connectivity index (χ2n) is 4.71. The molecule has 0 aliphatic heterocycles. The number of halogens is 1. The molecule has 1 aromatic rings. The second-order valence-corrected chi connectivity index (χ2v) is 4.71. The van der Waals surface area contributed by atoms with E-state index in [9.17, 15) is 14.5 Å². The molecule has 0 atom stereocenters. The Morgan fingerprint density at radius 2 is 2.11 bits per heavy atom. The normalized spacial score (nSPS) is 17.7. The first-order valence-corrected chi connectivity index (χ1v) is 5.99. The van der Waals surface area contributed by atoms with Gasteiger partial charge >= 0.3 is 5.69 Å². The van der Waals surface area contributed by atoms with E-state index in [4.69, 9.17) is 5.73 Å². The maximum Gasteiger partial charge on any atom is 0.327 e. The van der Waals surface area contributed by atoms with Crippen LogP contribution in [0.1, 0.15) is 25.7 Å². The predicted molar refractivity (Wildman–Crippen MR) is 66.9 cm³/mol. The maximum atomic E-state index is 13.5. The fourth-order valence-electron chi connectivity index (χ4n) is 2.52. The van der Waals surface area contributed by atoms with Crippen LogP contribution in [-0.2, 0) is 0 Å². The topological polar surface area (TPSA) is 81.2 Å². The molecule has 18 heavy (non-hydrogen) atoms. The monoisotopic (exact) mass is 253 g/mol. The first-order valence-electron chi connectivity index (χ1n) is 5.99. The minimum atomic E-state index is -0.824. The van der Waals surface area contributed by atoms with Gasteiger partial charge in [0.2, 0.25) is 5.82 Å². The number of para-hydroxylation sites is 1. The number of nitrogens with two attached hydrogens (primary N) is 1. The number of rotatable bonds is 4. The van der Waals surface area contributed by atoms with E-state index >= 15 is 0 Å². The van der Waals surface area contributed by atoms with Crippen LogP contribution in [-0.4, -0.2) is 17.0 Å². The molecule has 1 aliphatic rings. The molecule has 0 heterocycles. The van der Waals surface area contributed by atoms with Crippen LogP contribution in [0.25, 0.3) is 0 Å². The number of nitrogens with zero attached hydrogens (tertiary/aromatic N) is 1. The van der Waals surface area contributed by atoms with Crippen molar-refractivity contribution in [3.8, 4) is 0 Å². The van der Waals surface area contributed by atoms with Crippen molar-refractivity contribution in [2.24, 2.45) is 5.73 Å². The summed E-state index contributed by atoms with van der Waals surface area (Å²) in [4.78, 5) is 10.2. The molecule has 1 aromatic carbocycles. The zero-order chi connectivity index (χ0) is 13.2. The van der Waals surface area contributed by atoms with Crippen molar-refractivity contribution in [1.29, 1.82) is 0 Å². The van der Waals surface area contributed by atoms with E-state index in [2.05, 4.69) is 5.32 Å². The van der Waals surface area contributed by atoms with E-state index in [1.807, 2.05) is 0 Å². The summed E-state index contributed by atoms with van der Waals surface area (Å²) in [7, 11) is 0. The van der Waals surface area contributed by atoms with Crippen molar-refractivity contribution in [3.05, 3.63) is 34.1 Å². The summed E-state index contributed by atoms with van der Waals surface area (Å²) >= 11 is 0. The molecule has 0 radical (unpaired) electrons. The second kappa shape index (κ2) is 4.89. The third kappa shape index (κ3) is 2.28. The van der Waals surface area contributed by atoms with Crippen molar-refractivity contribution in [2.75, 3.05) is 11.9 Å². The van der Waals surface area contributed by atoms with Crippen LogP contribution in [0.4, 0.5) is 15.8 Å². The molecular weight excluding hydrogens is 237 g/mol. The van der Waals surface area contributed by atoms with Gasteiger partial charge in [-0.25, -0.2) is 0 Å². The Bertz CT molecular complexity index is 459. The lowest BCUT2D eigenvalue weighted by Gasteiger charge is -2.29. The quantitative estimate of drug-likeness (QED) is 0.637. The van der Waals surface area contributed by atoms with Gasteiger partial charge in [-0.15, -0.1) is 0 Å². The van der Waals surface area contributed by atoms with Gasteiger partial charge in [0.15, 0.2) is 0 Å². The highest BCUT2D eigenvalue weighted by Crippen LogP contribution is 2.36. The Morgan fingerprint density at radius 1 is 1.44 bits per heavy atom. The zero-order valence-corrected chi connectivity index (χ0v) is 9.99. The molecule has 0 unspecified atom stereocenters. The average Bonchev–Trinajstić information content (AvgIpc) is 2.78. The number of nitro groups is 1. The highest BCUT2D eigenvalue weighted by atomic mass is 19.1. The van der Waals surface area contributed by atoms with Crippen LogP contribution in [0, 0.1) is 15.9 Å². The molecule has 0 amide bonds. The largest absolute Gasteiger partial charge is 0.373 e. The van der Waals surface area contributed by atoms with Crippen molar-refractivity contribution < 1.29 is 9.31 Å². The zero-order valence-electron chi connectivity index (χ0n) is 9.99. The molecule has 1 fully saturated rings. The van der Waals surface area contributed by atoms with Crippen LogP contribution in [0.15, 0.2) is 18.2 Å². The van der Waals surface area contributed by atoms with Crippen molar-refractivity contribution in [2.45, 2.75) is 31.2 Å². The number of hydrogen-bond donors (Lipinski definition) is 2. The SMILES string of the molecule is NCC1(Nc2cccc(F)c2[N+](=O)[O-])CCCC1. The Balaban J connectivity index is 2.34. The lowest BCUT2D eigenvalue weighted by molar-refractivity contribution is -0.386. The molecule has 3 N–H and O–H groups in total. The summed E-state index contributed by atoms with van der Waals surface area (Å²) < 4.78 is 13.5. The van der Waals surface area contributed by atoms with Gasteiger partial charge in [-0.1, -0.05) is 18.9 Å². The summed E-state index contributed by atoms with van der Waals surface area (Å²) in [6.45, 7) is 0.390. The van der Waals surface area contributed by atoms with E-state index in [1.54, 1.807) is 0 Å². The first kappa shape index (κ1) is 12.8.